The monoisotopic (exact) mass is 288 g/mol. The first kappa shape index (κ1) is 13.5. The number of hydrogen-bond donors (Lipinski definition) is 1. The van der Waals surface area contributed by atoms with Crippen molar-refractivity contribution in [3.8, 4) is 0 Å². The van der Waals surface area contributed by atoms with Crippen molar-refractivity contribution in [3.05, 3.63) is 46.7 Å². The van der Waals surface area contributed by atoms with Crippen LogP contribution in [0.2, 0.25) is 0 Å². The molecule has 3 rings (SSSR count). The van der Waals surface area contributed by atoms with E-state index >= 15 is 0 Å². The van der Waals surface area contributed by atoms with Crippen molar-refractivity contribution in [2.24, 2.45) is 0 Å². The molecule has 0 radical (unpaired) electrons. The first-order chi connectivity index (χ1) is 9.93. The van der Waals surface area contributed by atoms with Crippen LogP contribution in [0.1, 0.15) is 4.88 Å². The van der Waals surface area contributed by atoms with Gasteiger partial charge in [-0.05, 0) is 30.0 Å². The van der Waals surface area contributed by atoms with E-state index in [0.29, 0.717) is 0 Å². The zero-order valence-corrected chi connectivity index (χ0v) is 12.4. The SMILES string of the molecule is c1csc(CCNc2ccccc2N2CCOCC2)c1. The van der Waals surface area contributed by atoms with E-state index in [9.17, 15) is 0 Å². The molecule has 2 aromatic rings. The highest BCUT2D eigenvalue weighted by Crippen LogP contribution is 2.26. The molecule has 3 nitrogen and oxygen atoms in total. The molecule has 20 heavy (non-hydrogen) atoms. The second-order valence-electron chi connectivity index (χ2n) is 4.87. The van der Waals surface area contributed by atoms with Gasteiger partial charge < -0.3 is 15.0 Å². The summed E-state index contributed by atoms with van der Waals surface area (Å²) in [5, 5.41) is 5.71. The predicted octanol–water partition coefficient (Wildman–Crippen LogP) is 3.24. The zero-order valence-electron chi connectivity index (χ0n) is 11.5. The number of para-hydroxylation sites is 2. The molecule has 1 aliphatic heterocycles. The van der Waals surface area contributed by atoms with Crippen molar-refractivity contribution >= 4 is 22.7 Å². The fourth-order valence-corrected chi connectivity index (χ4v) is 3.19. The van der Waals surface area contributed by atoms with Crippen LogP contribution < -0.4 is 10.2 Å². The second kappa shape index (κ2) is 6.77. The predicted molar refractivity (Wildman–Crippen MR) is 86.0 cm³/mol. The lowest BCUT2D eigenvalue weighted by molar-refractivity contribution is 0.123. The Morgan fingerprint density at radius 2 is 1.95 bits per heavy atom. The first-order valence-corrected chi connectivity index (χ1v) is 7.99. The Balaban J connectivity index is 1.63. The fraction of sp³-hybridized carbons (Fsp3) is 0.375. The largest absolute Gasteiger partial charge is 0.383 e. The number of anilines is 2. The van der Waals surface area contributed by atoms with E-state index < -0.39 is 0 Å². The highest BCUT2D eigenvalue weighted by molar-refractivity contribution is 7.09. The third-order valence-corrected chi connectivity index (χ3v) is 4.46. The van der Waals surface area contributed by atoms with Crippen LogP contribution in [0.3, 0.4) is 0 Å². The zero-order chi connectivity index (χ0) is 13.6. The van der Waals surface area contributed by atoms with Crippen molar-refractivity contribution in [1.29, 1.82) is 0 Å². The van der Waals surface area contributed by atoms with Gasteiger partial charge in [0.2, 0.25) is 0 Å². The van der Waals surface area contributed by atoms with Crippen LogP contribution in [0.25, 0.3) is 0 Å². The molecule has 0 amide bonds. The lowest BCUT2D eigenvalue weighted by atomic mass is 10.2. The maximum atomic E-state index is 5.43. The summed E-state index contributed by atoms with van der Waals surface area (Å²) in [4.78, 5) is 3.83. The smallest absolute Gasteiger partial charge is 0.0642 e. The summed E-state index contributed by atoms with van der Waals surface area (Å²) < 4.78 is 5.43. The summed E-state index contributed by atoms with van der Waals surface area (Å²) in [6.45, 7) is 4.57. The third-order valence-electron chi connectivity index (χ3n) is 3.52. The van der Waals surface area contributed by atoms with Gasteiger partial charge in [0.1, 0.15) is 0 Å². The summed E-state index contributed by atoms with van der Waals surface area (Å²) in [5.74, 6) is 0. The van der Waals surface area contributed by atoms with Gasteiger partial charge in [-0.15, -0.1) is 11.3 Å². The Morgan fingerprint density at radius 3 is 2.75 bits per heavy atom. The Kier molecular flexibility index (Phi) is 4.56. The molecule has 4 heteroatoms. The third kappa shape index (κ3) is 3.32. The van der Waals surface area contributed by atoms with Crippen LogP contribution >= 0.6 is 11.3 Å². The summed E-state index contributed by atoms with van der Waals surface area (Å²) >= 11 is 1.82. The lowest BCUT2D eigenvalue weighted by Crippen LogP contribution is -2.36. The quantitative estimate of drug-likeness (QED) is 0.914. The first-order valence-electron chi connectivity index (χ1n) is 7.11. The molecule has 0 spiro atoms. The molecule has 0 saturated carbocycles. The van der Waals surface area contributed by atoms with Gasteiger partial charge in [0.25, 0.3) is 0 Å². The number of nitrogens with one attached hydrogen (secondary N) is 1. The minimum atomic E-state index is 0.823. The number of rotatable bonds is 5. The molecule has 0 aliphatic carbocycles. The van der Waals surface area contributed by atoms with Gasteiger partial charge >= 0.3 is 0 Å². The number of ether oxygens (including phenoxy) is 1. The number of benzene rings is 1. The highest BCUT2D eigenvalue weighted by Gasteiger charge is 2.13. The van der Waals surface area contributed by atoms with Crippen LogP contribution in [-0.4, -0.2) is 32.8 Å². The normalized spacial score (nSPS) is 15.3. The van der Waals surface area contributed by atoms with E-state index in [4.69, 9.17) is 4.74 Å². The summed E-state index contributed by atoms with van der Waals surface area (Å²) in [7, 11) is 0. The number of thiophene rings is 1. The maximum Gasteiger partial charge on any atom is 0.0642 e. The van der Waals surface area contributed by atoms with E-state index in [-0.39, 0.29) is 0 Å². The molecule has 106 valence electrons. The Hall–Kier alpha value is -1.52. The summed E-state index contributed by atoms with van der Waals surface area (Å²) in [6.07, 6.45) is 1.08. The molecule has 0 unspecified atom stereocenters. The number of nitrogens with zero attached hydrogens (tertiary/aromatic N) is 1. The Morgan fingerprint density at radius 1 is 1.10 bits per heavy atom. The molecule has 1 aromatic carbocycles. The minimum absolute atomic E-state index is 0.823. The molecule has 1 fully saturated rings. The molecule has 1 aliphatic rings. The molecule has 1 N–H and O–H groups in total. The van der Waals surface area contributed by atoms with Gasteiger partial charge in [-0.1, -0.05) is 18.2 Å². The Bertz CT molecular complexity index is 521. The van der Waals surface area contributed by atoms with Crippen LogP contribution in [-0.2, 0) is 11.2 Å². The average molecular weight is 288 g/mol. The number of morpholine rings is 1. The van der Waals surface area contributed by atoms with Crippen molar-refractivity contribution < 1.29 is 4.74 Å². The molecule has 1 aromatic heterocycles. The summed E-state index contributed by atoms with van der Waals surface area (Å²) in [6, 6.07) is 12.9. The maximum absolute atomic E-state index is 5.43. The van der Waals surface area contributed by atoms with E-state index in [2.05, 4.69) is 52.0 Å². The van der Waals surface area contributed by atoms with Gasteiger partial charge in [0.15, 0.2) is 0 Å². The number of hydrogen-bond acceptors (Lipinski definition) is 4. The van der Waals surface area contributed by atoms with Crippen LogP contribution in [0, 0.1) is 0 Å². The average Bonchev–Trinajstić information content (AvgIpc) is 3.02. The molecule has 0 bridgehead atoms. The molecule has 1 saturated heterocycles. The van der Waals surface area contributed by atoms with Crippen LogP contribution in [0.5, 0.6) is 0 Å². The van der Waals surface area contributed by atoms with Gasteiger partial charge in [-0.2, -0.15) is 0 Å². The van der Waals surface area contributed by atoms with E-state index in [0.717, 1.165) is 39.3 Å². The van der Waals surface area contributed by atoms with E-state index in [1.807, 2.05) is 11.3 Å². The molecule has 0 atom stereocenters. The second-order valence-corrected chi connectivity index (χ2v) is 5.90. The molecule has 2 heterocycles. The van der Waals surface area contributed by atoms with Gasteiger partial charge in [0.05, 0.1) is 24.6 Å². The highest BCUT2D eigenvalue weighted by atomic mass is 32.1. The fourth-order valence-electron chi connectivity index (χ4n) is 2.48. The Labute approximate surface area is 124 Å². The summed E-state index contributed by atoms with van der Waals surface area (Å²) in [5.41, 5.74) is 2.52. The molecular formula is C16H20N2OS. The van der Waals surface area contributed by atoms with Crippen molar-refractivity contribution in [1.82, 2.24) is 0 Å². The van der Waals surface area contributed by atoms with Crippen molar-refractivity contribution in [2.45, 2.75) is 6.42 Å². The van der Waals surface area contributed by atoms with E-state index in [1.165, 1.54) is 16.3 Å². The van der Waals surface area contributed by atoms with Gasteiger partial charge in [0, 0.05) is 24.5 Å². The lowest BCUT2D eigenvalue weighted by Gasteiger charge is -2.30. The van der Waals surface area contributed by atoms with Crippen LogP contribution in [0.4, 0.5) is 11.4 Å². The minimum Gasteiger partial charge on any atom is -0.383 e. The molecular weight excluding hydrogens is 268 g/mol. The van der Waals surface area contributed by atoms with Crippen LogP contribution in [0.15, 0.2) is 41.8 Å². The van der Waals surface area contributed by atoms with E-state index in [1.54, 1.807) is 0 Å². The standard InChI is InChI=1S/C16H20N2OS/c1-2-6-16(18-9-11-19-12-10-18)15(5-1)17-8-7-14-4-3-13-20-14/h1-6,13,17H,7-12H2. The van der Waals surface area contributed by atoms with Crippen molar-refractivity contribution in [2.75, 3.05) is 43.1 Å². The van der Waals surface area contributed by atoms with Crippen molar-refractivity contribution in [3.63, 3.8) is 0 Å². The van der Waals surface area contributed by atoms with Gasteiger partial charge in [-0.3, -0.25) is 0 Å². The topological polar surface area (TPSA) is 24.5 Å². The van der Waals surface area contributed by atoms with Gasteiger partial charge in [-0.25, -0.2) is 0 Å².